The first-order valence-electron chi connectivity index (χ1n) is 10.5. The van der Waals surface area contributed by atoms with Crippen LogP contribution in [-0.2, 0) is 28.6 Å². The summed E-state index contributed by atoms with van der Waals surface area (Å²) in [7, 11) is -0.999. The lowest BCUT2D eigenvalue weighted by molar-refractivity contribution is -0.115. The number of anilines is 1. The van der Waals surface area contributed by atoms with Gasteiger partial charge in [0.25, 0.3) is 0 Å². The van der Waals surface area contributed by atoms with Gasteiger partial charge in [0.15, 0.2) is 0 Å². The van der Waals surface area contributed by atoms with Crippen LogP contribution in [-0.4, -0.2) is 26.7 Å². The maximum absolute atomic E-state index is 12.6. The van der Waals surface area contributed by atoms with E-state index in [0.29, 0.717) is 18.0 Å². The molecule has 0 radical (unpaired) electrons. The summed E-state index contributed by atoms with van der Waals surface area (Å²) in [6.07, 6.45) is 2.25. The van der Waals surface area contributed by atoms with E-state index < -0.39 is 10.8 Å². The minimum Gasteiger partial charge on any atom is -0.326 e. The van der Waals surface area contributed by atoms with Gasteiger partial charge < -0.3 is 5.32 Å². The van der Waals surface area contributed by atoms with Crippen LogP contribution >= 0.6 is 23.1 Å². The molecule has 1 unspecified atom stereocenters. The summed E-state index contributed by atoms with van der Waals surface area (Å²) in [6.45, 7) is 2.39. The third-order valence-corrected chi connectivity index (χ3v) is 8.23. The van der Waals surface area contributed by atoms with Gasteiger partial charge in [-0.05, 0) is 59.8 Å². The van der Waals surface area contributed by atoms with E-state index in [4.69, 9.17) is 0 Å². The zero-order valence-electron chi connectivity index (χ0n) is 18.4. The largest absolute Gasteiger partial charge is 0.326 e. The quantitative estimate of drug-likeness (QED) is 0.343. The van der Waals surface area contributed by atoms with E-state index in [1.165, 1.54) is 16.2 Å². The van der Waals surface area contributed by atoms with E-state index in [0.717, 1.165) is 26.2 Å². The van der Waals surface area contributed by atoms with E-state index in [1.54, 1.807) is 16.3 Å². The third-order valence-electron chi connectivity index (χ3n) is 5.24. The lowest BCUT2D eigenvalue weighted by Crippen LogP contribution is -2.14. The van der Waals surface area contributed by atoms with Crippen LogP contribution < -0.4 is 10.2 Å². The number of fused-ring (bicyclic) bond motifs is 1. The number of nitrogens with one attached hydrogen (secondary N) is 1. The molecule has 3 aromatic carbocycles. The van der Waals surface area contributed by atoms with Crippen molar-refractivity contribution in [2.24, 2.45) is 0 Å². The van der Waals surface area contributed by atoms with E-state index in [2.05, 4.69) is 17.4 Å². The molecule has 4 aromatic rings. The second-order valence-electron chi connectivity index (χ2n) is 7.49. The Labute approximate surface area is 203 Å². The summed E-state index contributed by atoms with van der Waals surface area (Å²) in [5, 5.41) is 2.92. The van der Waals surface area contributed by atoms with E-state index in [9.17, 15) is 13.8 Å². The SMILES string of the molecule is CCS(=O)c1ccc(CC(=O)Nc2ccc3c(c2)sc(=O)n3Cc2cccc(SC)c2)cc1. The second-order valence-corrected chi connectivity index (χ2v) is 11.1. The van der Waals surface area contributed by atoms with Gasteiger partial charge in [-0.25, -0.2) is 0 Å². The van der Waals surface area contributed by atoms with Gasteiger partial charge in [-0.1, -0.05) is 42.5 Å². The normalized spacial score (nSPS) is 12.1. The van der Waals surface area contributed by atoms with Crippen molar-refractivity contribution in [1.29, 1.82) is 0 Å². The maximum Gasteiger partial charge on any atom is 0.308 e. The molecule has 0 aliphatic rings. The standard InChI is InChI=1S/C25H24N2O3S3/c1-3-33(30)21-10-7-17(8-11-21)14-24(28)26-19-9-12-22-23(15-19)32-25(29)27(22)16-18-5-4-6-20(13-18)31-2/h4-13,15H,3,14,16H2,1-2H3,(H,26,28). The summed E-state index contributed by atoms with van der Waals surface area (Å²) < 4.78 is 14.5. The summed E-state index contributed by atoms with van der Waals surface area (Å²) >= 11 is 2.86. The molecule has 0 aliphatic heterocycles. The summed E-state index contributed by atoms with van der Waals surface area (Å²) in [6, 6.07) is 21.0. The molecule has 0 bridgehead atoms. The highest BCUT2D eigenvalue weighted by atomic mass is 32.2. The van der Waals surface area contributed by atoms with Crippen molar-refractivity contribution in [3.05, 3.63) is 87.5 Å². The first-order chi connectivity index (χ1) is 16.0. The molecule has 4 rings (SSSR count). The van der Waals surface area contributed by atoms with E-state index >= 15 is 0 Å². The third kappa shape index (κ3) is 5.63. The Hall–Kier alpha value is -2.68. The molecule has 1 aromatic heterocycles. The predicted octanol–water partition coefficient (Wildman–Crippen LogP) is 5.14. The molecule has 1 N–H and O–H groups in total. The van der Waals surface area contributed by atoms with Crippen LogP contribution in [0.3, 0.4) is 0 Å². The van der Waals surface area contributed by atoms with Gasteiger partial charge in [-0.15, -0.1) is 11.8 Å². The molecule has 1 amide bonds. The molecule has 0 aliphatic carbocycles. The van der Waals surface area contributed by atoms with Crippen molar-refractivity contribution < 1.29 is 9.00 Å². The molecule has 5 nitrogen and oxygen atoms in total. The maximum atomic E-state index is 12.6. The van der Waals surface area contributed by atoms with Gasteiger partial charge in [0.1, 0.15) is 0 Å². The molecular formula is C25H24N2O3S3. The molecule has 0 saturated carbocycles. The zero-order valence-corrected chi connectivity index (χ0v) is 20.8. The fraction of sp³-hybridized carbons (Fsp3) is 0.200. The highest BCUT2D eigenvalue weighted by Gasteiger charge is 2.11. The van der Waals surface area contributed by atoms with Crippen molar-refractivity contribution in [1.82, 2.24) is 4.57 Å². The molecule has 0 fully saturated rings. The number of hydrogen-bond acceptors (Lipinski definition) is 5. The minimum atomic E-state index is -0.999. The number of benzene rings is 3. The summed E-state index contributed by atoms with van der Waals surface area (Å²) in [4.78, 5) is 27.1. The topological polar surface area (TPSA) is 68.2 Å². The number of amides is 1. The number of carbonyl (C=O) groups is 1. The molecule has 8 heteroatoms. The number of hydrogen-bond donors (Lipinski definition) is 1. The Morgan fingerprint density at radius 1 is 1.06 bits per heavy atom. The molecule has 1 atom stereocenters. The molecule has 0 spiro atoms. The number of nitrogens with zero attached hydrogens (tertiary/aromatic N) is 1. The van der Waals surface area contributed by atoms with Crippen LogP contribution in [0.2, 0.25) is 0 Å². The molecular weight excluding hydrogens is 472 g/mol. The molecule has 0 saturated heterocycles. The predicted molar refractivity (Wildman–Crippen MR) is 139 cm³/mol. The fourth-order valence-corrected chi connectivity index (χ4v) is 5.75. The Morgan fingerprint density at radius 3 is 2.58 bits per heavy atom. The van der Waals surface area contributed by atoms with E-state index in [1.807, 2.05) is 67.8 Å². The van der Waals surface area contributed by atoms with Gasteiger partial charge >= 0.3 is 4.87 Å². The van der Waals surface area contributed by atoms with Gasteiger partial charge in [-0.3, -0.25) is 18.4 Å². The second kappa shape index (κ2) is 10.5. The van der Waals surface area contributed by atoms with Crippen LogP contribution in [0.15, 0.2) is 81.3 Å². The van der Waals surface area contributed by atoms with E-state index in [-0.39, 0.29) is 17.2 Å². The van der Waals surface area contributed by atoms with Gasteiger partial charge in [0.2, 0.25) is 5.91 Å². The highest BCUT2D eigenvalue weighted by Crippen LogP contribution is 2.24. The molecule has 33 heavy (non-hydrogen) atoms. The highest BCUT2D eigenvalue weighted by molar-refractivity contribution is 7.98. The summed E-state index contributed by atoms with van der Waals surface area (Å²) in [5.41, 5.74) is 3.45. The first-order valence-corrected chi connectivity index (χ1v) is 13.9. The smallest absolute Gasteiger partial charge is 0.308 e. The van der Waals surface area contributed by atoms with Crippen molar-refractivity contribution in [2.75, 3.05) is 17.3 Å². The fourth-order valence-electron chi connectivity index (χ4n) is 3.56. The molecule has 170 valence electrons. The molecule has 1 heterocycles. The minimum absolute atomic E-state index is 0.0208. The number of thioether (sulfide) groups is 1. The Morgan fingerprint density at radius 2 is 1.85 bits per heavy atom. The lowest BCUT2D eigenvalue weighted by Gasteiger charge is -2.08. The number of aromatic nitrogens is 1. The number of carbonyl (C=O) groups excluding carboxylic acids is 1. The van der Waals surface area contributed by atoms with Crippen LogP contribution in [0.1, 0.15) is 18.1 Å². The Balaban J connectivity index is 1.47. The lowest BCUT2D eigenvalue weighted by atomic mass is 10.1. The summed E-state index contributed by atoms with van der Waals surface area (Å²) in [5.74, 6) is 0.430. The Bertz CT molecular complexity index is 1370. The van der Waals surface area contributed by atoms with Gasteiger partial charge in [-0.2, -0.15) is 0 Å². The van der Waals surface area contributed by atoms with Gasteiger partial charge in [0, 0.05) is 21.2 Å². The van der Waals surface area contributed by atoms with Crippen LogP contribution in [0.4, 0.5) is 5.69 Å². The van der Waals surface area contributed by atoms with Crippen LogP contribution in [0.5, 0.6) is 0 Å². The first kappa shape index (κ1) is 23.5. The average Bonchev–Trinajstić information content (AvgIpc) is 3.13. The monoisotopic (exact) mass is 496 g/mol. The van der Waals surface area contributed by atoms with Crippen molar-refractivity contribution in [3.8, 4) is 0 Å². The average molecular weight is 497 g/mol. The van der Waals surface area contributed by atoms with Gasteiger partial charge in [0.05, 0.1) is 34.0 Å². The zero-order chi connectivity index (χ0) is 23.4. The Kier molecular flexibility index (Phi) is 7.47. The van der Waals surface area contributed by atoms with Crippen molar-refractivity contribution in [2.45, 2.75) is 29.7 Å². The number of rotatable bonds is 8. The van der Waals surface area contributed by atoms with Crippen LogP contribution in [0, 0.1) is 0 Å². The number of thiazole rings is 1. The van der Waals surface area contributed by atoms with Crippen molar-refractivity contribution >= 4 is 55.7 Å². The van der Waals surface area contributed by atoms with Crippen molar-refractivity contribution in [3.63, 3.8) is 0 Å². The van der Waals surface area contributed by atoms with Crippen LogP contribution in [0.25, 0.3) is 10.2 Å².